The van der Waals surface area contributed by atoms with Crippen molar-refractivity contribution < 1.29 is 0 Å². The third-order valence-electron chi connectivity index (χ3n) is 2.58. The van der Waals surface area contributed by atoms with E-state index in [0.717, 1.165) is 23.0 Å². The summed E-state index contributed by atoms with van der Waals surface area (Å²) in [6.07, 6.45) is 3.67. The lowest BCUT2D eigenvalue weighted by Gasteiger charge is -2.14. The Hall–Kier alpha value is -0.750. The molecule has 1 unspecified atom stereocenters. The predicted octanol–water partition coefficient (Wildman–Crippen LogP) is 3.04. The van der Waals surface area contributed by atoms with E-state index in [9.17, 15) is 0 Å². The van der Waals surface area contributed by atoms with Gasteiger partial charge in [0.25, 0.3) is 0 Å². The highest BCUT2D eigenvalue weighted by atomic mass is 79.9. The fraction of sp³-hybridized carbons (Fsp3) is 0.250. The Morgan fingerprint density at radius 3 is 2.88 bits per heavy atom. The van der Waals surface area contributed by atoms with Crippen molar-refractivity contribution in [2.45, 2.75) is 18.9 Å². The summed E-state index contributed by atoms with van der Waals surface area (Å²) in [5.74, 6) is 5.61. The number of pyridine rings is 1. The molecule has 0 aromatic carbocycles. The van der Waals surface area contributed by atoms with E-state index in [1.54, 1.807) is 11.3 Å². The first-order chi connectivity index (χ1) is 8.31. The molecule has 2 heterocycles. The van der Waals surface area contributed by atoms with Crippen molar-refractivity contribution in [3.8, 4) is 0 Å². The van der Waals surface area contributed by atoms with Crippen LogP contribution in [-0.4, -0.2) is 4.98 Å². The van der Waals surface area contributed by atoms with Crippen molar-refractivity contribution in [1.82, 2.24) is 10.4 Å². The first-order valence-electron chi connectivity index (χ1n) is 5.40. The minimum atomic E-state index is 0.173. The Kier molecular flexibility index (Phi) is 4.67. The summed E-state index contributed by atoms with van der Waals surface area (Å²) in [6, 6.07) is 8.19. The summed E-state index contributed by atoms with van der Waals surface area (Å²) in [6.45, 7) is 0. The average Bonchev–Trinajstić information content (AvgIpc) is 2.78. The Bertz CT molecular complexity index is 458. The molecule has 1 atom stereocenters. The largest absolute Gasteiger partial charge is 0.271 e. The second-order valence-corrected chi connectivity index (χ2v) is 5.51. The minimum Gasteiger partial charge on any atom is -0.271 e. The molecule has 0 radical (unpaired) electrons. The highest BCUT2D eigenvalue weighted by Crippen LogP contribution is 2.30. The summed E-state index contributed by atoms with van der Waals surface area (Å²) >= 11 is 5.24. The number of nitrogens with one attached hydrogen (secondary N) is 1. The lowest BCUT2D eigenvalue weighted by Crippen LogP contribution is -2.28. The molecule has 3 nitrogen and oxygen atoms in total. The minimum absolute atomic E-state index is 0.173. The van der Waals surface area contributed by atoms with E-state index >= 15 is 0 Å². The first kappa shape index (κ1) is 12.7. The van der Waals surface area contributed by atoms with Crippen LogP contribution in [0.25, 0.3) is 0 Å². The van der Waals surface area contributed by atoms with Crippen LogP contribution in [0.5, 0.6) is 0 Å². The highest BCUT2D eigenvalue weighted by molar-refractivity contribution is 9.10. The molecule has 5 heteroatoms. The van der Waals surface area contributed by atoms with Gasteiger partial charge < -0.3 is 0 Å². The molecule has 0 fully saturated rings. The molecule has 90 valence electrons. The molecule has 17 heavy (non-hydrogen) atoms. The van der Waals surface area contributed by atoms with Gasteiger partial charge in [-0.15, -0.1) is 11.3 Å². The zero-order valence-electron chi connectivity index (χ0n) is 9.27. The van der Waals surface area contributed by atoms with Gasteiger partial charge in [-0.3, -0.25) is 16.3 Å². The number of halogens is 1. The zero-order chi connectivity index (χ0) is 12.1. The first-order valence-corrected chi connectivity index (χ1v) is 7.07. The number of nitrogens with zero attached hydrogens (tertiary/aromatic N) is 1. The maximum Gasteiger partial charge on any atom is 0.0568 e. The monoisotopic (exact) mass is 311 g/mol. The van der Waals surface area contributed by atoms with Gasteiger partial charge in [0.2, 0.25) is 0 Å². The van der Waals surface area contributed by atoms with Crippen LogP contribution in [0.15, 0.2) is 40.3 Å². The smallest absolute Gasteiger partial charge is 0.0568 e. The van der Waals surface area contributed by atoms with Crippen LogP contribution in [0, 0.1) is 0 Å². The molecule has 2 aromatic heterocycles. The van der Waals surface area contributed by atoms with Crippen LogP contribution < -0.4 is 11.3 Å². The maximum absolute atomic E-state index is 5.61. The fourth-order valence-corrected chi connectivity index (χ4v) is 3.43. The summed E-state index contributed by atoms with van der Waals surface area (Å²) in [4.78, 5) is 5.55. The van der Waals surface area contributed by atoms with Crippen molar-refractivity contribution in [2.24, 2.45) is 5.84 Å². The van der Waals surface area contributed by atoms with E-state index in [1.165, 1.54) is 4.88 Å². The van der Waals surface area contributed by atoms with Gasteiger partial charge in [-0.25, -0.2) is 0 Å². The lowest BCUT2D eigenvalue weighted by molar-refractivity contribution is 0.520. The van der Waals surface area contributed by atoms with Crippen molar-refractivity contribution in [3.05, 3.63) is 50.9 Å². The molecule has 0 aliphatic carbocycles. The standard InChI is InChI=1S/C12H14BrN3S/c13-10-6-8-17-12(10)11(16-14)5-4-9-3-1-2-7-15-9/h1-3,6-8,11,16H,4-5,14H2. The zero-order valence-corrected chi connectivity index (χ0v) is 11.7. The van der Waals surface area contributed by atoms with Crippen LogP contribution in [-0.2, 0) is 6.42 Å². The second kappa shape index (κ2) is 6.26. The average molecular weight is 312 g/mol. The molecule has 2 aromatic rings. The van der Waals surface area contributed by atoms with Gasteiger partial charge in [-0.1, -0.05) is 6.07 Å². The van der Waals surface area contributed by atoms with Gasteiger partial charge >= 0.3 is 0 Å². The molecule has 3 N–H and O–H groups in total. The molecule has 0 aliphatic rings. The molecular weight excluding hydrogens is 298 g/mol. The van der Waals surface area contributed by atoms with Gasteiger partial charge in [0.1, 0.15) is 0 Å². The third-order valence-corrected chi connectivity index (χ3v) is 4.56. The number of hydrogen-bond donors (Lipinski definition) is 2. The topological polar surface area (TPSA) is 50.9 Å². The summed E-state index contributed by atoms with van der Waals surface area (Å²) in [5.41, 5.74) is 3.97. The van der Waals surface area contributed by atoms with Crippen molar-refractivity contribution in [2.75, 3.05) is 0 Å². The highest BCUT2D eigenvalue weighted by Gasteiger charge is 2.14. The van der Waals surface area contributed by atoms with Gasteiger partial charge in [-0.2, -0.15) is 0 Å². The van der Waals surface area contributed by atoms with E-state index in [1.807, 2.05) is 30.5 Å². The quantitative estimate of drug-likeness (QED) is 0.659. The Labute approximate surface area is 113 Å². The van der Waals surface area contributed by atoms with Gasteiger partial charge in [0.05, 0.1) is 6.04 Å². The normalized spacial score (nSPS) is 12.6. The number of nitrogens with two attached hydrogens (primary N) is 1. The summed E-state index contributed by atoms with van der Waals surface area (Å²) in [7, 11) is 0. The number of thiophene rings is 1. The van der Waals surface area contributed by atoms with Crippen LogP contribution >= 0.6 is 27.3 Å². The molecule has 2 rings (SSSR count). The summed E-state index contributed by atoms with van der Waals surface area (Å²) in [5, 5.41) is 2.06. The molecule has 0 bridgehead atoms. The van der Waals surface area contributed by atoms with Crippen LogP contribution in [0.1, 0.15) is 23.0 Å². The van der Waals surface area contributed by atoms with Gasteiger partial charge in [-0.05, 0) is 52.4 Å². The Morgan fingerprint density at radius 1 is 1.41 bits per heavy atom. The van der Waals surface area contributed by atoms with Crippen molar-refractivity contribution in [1.29, 1.82) is 0 Å². The third kappa shape index (κ3) is 3.35. The van der Waals surface area contributed by atoms with E-state index in [4.69, 9.17) is 5.84 Å². The molecule has 0 aliphatic heterocycles. The molecule has 0 spiro atoms. The SMILES string of the molecule is NNC(CCc1ccccn1)c1sccc1Br. The van der Waals surface area contributed by atoms with Crippen molar-refractivity contribution in [3.63, 3.8) is 0 Å². The van der Waals surface area contributed by atoms with Crippen LogP contribution in [0.4, 0.5) is 0 Å². The molecule has 0 saturated heterocycles. The molecule has 0 amide bonds. The molecular formula is C12H14BrN3S. The Morgan fingerprint density at radius 2 is 2.29 bits per heavy atom. The lowest BCUT2D eigenvalue weighted by atomic mass is 10.1. The number of aromatic nitrogens is 1. The van der Waals surface area contributed by atoms with E-state index in [0.29, 0.717) is 0 Å². The fourth-order valence-electron chi connectivity index (χ4n) is 1.68. The van der Waals surface area contributed by atoms with Crippen LogP contribution in [0.2, 0.25) is 0 Å². The second-order valence-electron chi connectivity index (χ2n) is 3.71. The van der Waals surface area contributed by atoms with E-state index < -0.39 is 0 Å². The van der Waals surface area contributed by atoms with Gasteiger partial charge in [0, 0.05) is 21.2 Å². The summed E-state index contributed by atoms with van der Waals surface area (Å²) < 4.78 is 1.12. The number of rotatable bonds is 5. The predicted molar refractivity (Wildman–Crippen MR) is 74.6 cm³/mol. The number of aryl methyl sites for hydroxylation is 1. The van der Waals surface area contributed by atoms with Crippen LogP contribution in [0.3, 0.4) is 0 Å². The van der Waals surface area contributed by atoms with E-state index in [2.05, 4.69) is 31.7 Å². The Balaban J connectivity index is 2.00. The van der Waals surface area contributed by atoms with Crippen molar-refractivity contribution >= 4 is 27.3 Å². The number of hydrogen-bond acceptors (Lipinski definition) is 4. The van der Waals surface area contributed by atoms with E-state index in [-0.39, 0.29) is 6.04 Å². The maximum atomic E-state index is 5.61. The van der Waals surface area contributed by atoms with Gasteiger partial charge in [0.15, 0.2) is 0 Å². The number of hydrazine groups is 1. The molecule has 0 saturated carbocycles.